The molecular weight excluding hydrogens is 528 g/mol. The van der Waals surface area contributed by atoms with Crippen molar-refractivity contribution in [2.24, 2.45) is 0 Å². The van der Waals surface area contributed by atoms with Crippen molar-refractivity contribution in [2.45, 2.75) is 32.1 Å². The van der Waals surface area contributed by atoms with Crippen LogP contribution in [-0.4, -0.2) is 38.1 Å². The first-order valence-electron chi connectivity index (χ1n) is 13.0. The minimum absolute atomic E-state index is 0.0402. The van der Waals surface area contributed by atoms with Crippen LogP contribution in [0.25, 0.3) is 5.76 Å². The minimum atomic E-state index is -0.760. The lowest BCUT2D eigenvalue weighted by molar-refractivity contribution is -0.116. The van der Waals surface area contributed by atoms with E-state index in [0.29, 0.717) is 69.6 Å². The summed E-state index contributed by atoms with van der Waals surface area (Å²) in [6, 6.07) is 18.2. The van der Waals surface area contributed by atoms with E-state index < -0.39 is 5.92 Å². The number of carbonyl (C=O) groups is 1. The Morgan fingerprint density at radius 1 is 0.975 bits per heavy atom. The van der Waals surface area contributed by atoms with Crippen LogP contribution in [-0.2, 0) is 4.79 Å². The summed E-state index contributed by atoms with van der Waals surface area (Å²) < 4.78 is 16.8. The third kappa shape index (κ3) is 4.60. The van der Waals surface area contributed by atoms with Gasteiger partial charge in [0.2, 0.25) is 5.75 Å². The molecule has 0 aromatic heterocycles. The molecule has 0 unspecified atom stereocenters. The van der Waals surface area contributed by atoms with E-state index in [1.165, 1.54) is 21.3 Å². The van der Waals surface area contributed by atoms with Gasteiger partial charge in [0.1, 0.15) is 11.6 Å². The molecule has 0 bridgehead atoms. The number of carbonyl (C=O) groups excluding carboxylic acids is 1. The van der Waals surface area contributed by atoms with Crippen LogP contribution in [0.3, 0.4) is 0 Å². The largest absolute Gasteiger partial charge is 0.507 e. The number of aliphatic hydroxyl groups is 1. The van der Waals surface area contributed by atoms with Gasteiger partial charge in [-0.3, -0.25) is 15.1 Å². The molecule has 5 rings (SSSR count). The number of ketones is 1. The van der Waals surface area contributed by atoms with Crippen LogP contribution in [0.4, 0.5) is 5.69 Å². The Labute approximate surface area is 238 Å². The fourth-order valence-electron chi connectivity index (χ4n) is 5.56. The second-order valence-electron chi connectivity index (χ2n) is 9.79. The molecule has 2 aliphatic rings. The Bertz CT molecular complexity index is 1530. The third-order valence-corrected chi connectivity index (χ3v) is 7.77. The first kappa shape index (κ1) is 27.3. The number of hydrogen-bond acceptors (Lipinski definition) is 6. The van der Waals surface area contributed by atoms with Gasteiger partial charge in [0.15, 0.2) is 17.3 Å². The zero-order chi connectivity index (χ0) is 28.6. The molecule has 3 aromatic rings. The van der Waals surface area contributed by atoms with Crippen molar-refractivity contribution < 1.29 is 24.1 Å². The molecule has 206 valence electrons. The van der Waals surface area contributed by atoms with Crippen molar-refractivity contribution in [2.75, 3.05) is 26.2 Å². The number of hydrogen-bond donors (Lipinski definition) is 2. The van der Waals surface area contributed by atoms with Gasteiger partial charge in [-0.2, -0.15) is 0 Å². The maximum absolute atomic E-state index is 13.8. The average molecular weight is 559 g/mol. The first-order chi connectivity index (χ1) is 19.3. The molecule has 1 aliphatic heterocycles. The Morgan fingerprint density at radius 2 is 1.62 bits per heavy atom. The van der Waals surface area contributed by atoms with Gasteiger partial charge in [0.25, 0.3) is 0 Å². The zero-order valence-electron chi connectivity index (χ0n) is 22.9. The highest BCUT2D eigenvalue weighted by atomic mass is 35.5. The van der Waals surface area contributed by atoms with Crippen molar-refractivity contribution >= 4 is 34.7 Å². The maximum atomic E-state index is 13.8. The van der Waals surface area contributed by atoms with E-state index in [1.807, 2.05) is 49.4 Å². The molecule has 7 nitrogen and oxygen atoms in total. The molecule has 2 N–H and O–H groups in total. The summed E-state index contributed by atoms with van der Waals surface area (Å²) in [5.74, 6) is 0.384. The van der Waals surface area contributed by atoms with Crippen LogP contribution in [0.15, 0.2) is 77.5 Å². The Kier molecular flexibility index (Phi) is 7.59. The summed E-state index contributed by atoms with van der Waals surface area (Å²) in [6.07, 6.45) is 1.59. The molecule has 0 saturated heterocycles. The zero-order valence-corrected chi connectivity index (χ0v) is 23.6. The second-order valence-corrected chi connectivity index (χ2v) is 10.2. The van der Waals surface area contributed by atoms with Crippen molar-refractivity contribution in [1.82, 2.24) is 0 Å². The van der Waals surface area contributed by atoms with Crippen LogP contribution in [0.2, 0.25) is 5.02 Å². The Morgan fingerprint density at radius 3 is 2.23 bits per heavy atom. The fraction of sp³-hybridized carbons (Fsp3) is 0.250. The van der Waals surface area contributed by atoms with Crippen LogP contribution >= 0.6 is 11.6 Å². The van der Waals surface area contributed by atoms with E-state index in [0.717, 1.165) is 5.56 Å². The second kappa shape index (κ2) is 11.1. The summed E-state index contributed by atoms with van der Waals surface area (Å²) in [6.45, 7) is 1.96. The number of rotatable bonds is 6. The van der Waals surface area contributed by atoms with E-state index in [4.69, 9.17) is 25.8 Å². The highest BCUT2D eigenvalue weighted by Gasteiger charge is 2.44. The number of amidine groups is 1. The number of aliphatic hydroxyl groups excluding tert-OH is 1. The topological polar surface area (TPSA) is 92.1 Å². The summed E-state index contributed by atoms with van der Waals surface area (Å²) >= 11 is 6.65. The van der Waals surface area contributed by atoms with Gasteiger partial charge in [0, 0.05) is 34.7 Å². The van der Waals surface area contributed by atoms with Crippen LogP contribution in [0.5, 0.6) is 17.2 Å². The van der Waals surface area contributed by atoms with Gasteiger partial charge in [-0.25, -0.2) is 0 Å². The Hall–Kier alpha value is -4.23. The standard InChI is InChI=1S/C32H31ClN2O5/c1-18-12-14-19(15-13-18)30(37)29-27(20-16-25(38-2)31(40-4)26(17-20)39-3)28-23(10-7-11-24(28)36)35(32(29)34)22-9-6-5-8-21(22)33/h5-6,8-9,12-17,27,34,37H,7,10-11H2,1-4H3/t27-/m0/s1. The van der Waals surface area contributed by atoms with Gasteiger partial charge >= 0.3 is 0 Å². The molecule has 0 radical (unpaired) electrons. The lowest BCUT2D eigenvalue weighted by Crippen LogP contribution is -2.42. The van der Waals surface area contributed by atoms with Crippen molar-refractivity contribution in [3.8, 4) is 17.2 Å². The number of para-hydroxylation sites is 1. The monoisotopic (exact) mass is 558 g/mol. The van der Waals surface area contributed by atoms with Crippen LogP contribution in [0, 0.1) is 12.3 Å². The smallest absolute Gasteiger partial charge is 0.203 e. The predicted octanol–water partition coefficient (Wildman–Crippen LogP) is 7.23. The summed E-state index contributed by atoms with van der Waals surface area (Å²) in [5.41, 5.74) is 4.29. The summed E-state index contributed by atoms with van der Waals surface area (Å²) in [7, 11) is 4.58. The van der Waals surface area contributed by atoms with Gasteiger partial charge in [0.05, 0.1) is 32.0 Å². The lowest BCUT2D eigenvalue weighted by atomic mass is 9.73. The molecule has 1 aliphatic carbocycles. The molecule has 1 heterocycles. The van der Waals surface area contributed by atoms with Crippen molar-refractivity contribution in [1.29, 1.82) is 5.41 Å². The highest BCUT2D eigenvalue weighted by molar-refractivity contribution is 6.34. The predicted molar refractivity (Wildman–Crippen MR) is 157 cm³/mol. The fourth-order valence-corrected chi connectivity index (χ4v) is 5.78. The number of anilines is 1. The molecule has 0 amide bonds. The quantitative estimate of drug-likeness (QED) is 0.310. The average Bonchev–Trinajstić information content (AvgIpc) is 2.96. The number of aryl methyl sites for hydroxylation is 1. The third-order valence-electron chi connectivity index (χ3n) is 7.45. The van der Waals surface area contributed by atoms with Crippen molar-refractivity contribution in [3.05, 3.63) is 99.2 Å². The van der Waals surface area contributed by atoms with Gasteiger partial charge in [-0.1, -0.05) is 53.6 Å². The summed E-state index contributed by atoms with van der Waals surface area (Å²) in [4.78, 5) is 15.5. The number of methoxy groups -OCH3 is 3. The molecule has 40 heavy (non-hydrogen) atoms. The molecule has 1 atom stereocenters. The van der Waals surface area contributed by atoms with Gasteiger partial charge < -0.3 is 19.3 Å². The van der Waals surface area contributed by atoms with E-state index in [9.17, 15) is 15.3 Å². The highest BCUT2D eigenvalue weighted by Crippen LogP contribution is 2.51. The number of nitrogens with one attached hydrogen (secondary N) is 1. The van der Waals surface area contributed by atoms with Gasteiger partial charge in [-0.05, 0) is 49.6 Å². The SMILES string of the molecule is COc1cc([C@@H]2C(=C(O)c3ccc(C)cc3)C(=N)N(c3ccccc3Cl)C3=C2C(=O)CCC3)cc(OC)c1OC. The van der Waals surface area contributed by atoms with E-state index >= 15 is 0 Å². The lowest BCUT2D eigenvalue weighted by Gasteiger charge is -2.42. The van der Waals surface area contributed by atoms with Crippen LogP contribution < -0.4 is 19.1 Å². The van der Waals surface area contributed by atoms with Gasteiger partial charge in [-0.15, -0.1) is 0 Å². The minimum Gasteiger partial charge on any atom is -0.507 e. The number of nitrogens with zero attached hydrogens (tertiary/aromatic N) is 1. The van der Waals surface area contributed by atoms with Crippen LogP contribution in [0.1, 0.15) is 41.9 Å². The maximum Gasteiger partial charge on any atom is 0.203 e. The number of allylic oxidation sites excluding steroid dienone is 2. The molecular formula is C32H31ClN2O5. The molecule has 3 aromatic carbocycles. The number of ether oxygens (including phenoxy) is 3. The molecule has 0 saturated carbocycles. The number of Topliss-reactive ketones (excluding diaryl/α,β-unsaturated/α-hetero) is 1. The Balaban J connectivity index is 1.88. The first-order valence-corrected chi connectivity index (χ1v) is 13.4. The molecule has 0 fully saturated rings. The van der Waals surface area contributed by atoms with Crippen molar-refractivity contribution in [3.63, 3.8) is 0 Å². The number of halogens is 1. The molecule has 0 spiro atoms. The number of benzene rings is 3. The summed E-state index contributed by atoms with van der Waals surface area (Å²) in [5, 5.41) is 21.8. The van der Waals surface area contributed by atoms with E-state index in [-0.39, 0.29) is 23.0 Å². The molecule has 8 heteroatoms. The van der Waals surface area contributed by atoms with E-state index in [2.05, 4.69) is 0 Å². The van der Waals surface area contributed by atoms with E-state index in [1.54, 1.807) is 23.1 Å². The normalized spacial score (nSPS) is 18.4.